The highest BCUT2D eigenvalue weighted by molar-refractivity contribution is 5.47. The summed E-state index contributed by atoms with van der Waals surface area (Å²) in [6.07, 6.45) is 0.737. The Balaban J connectivity index is 3.17. The molecule has 0 aliphatic carbocycles. The van der Waals surface area contributed by atoms with Crippen molar-refractivity contribution in [3.8, 4) is 23.3 Å². The lowest BCUT2D eigenvalue weighted by atomic mass is 10.0. The van der Waals surface area contributed by atoms with Gasteiger partial charge in [-0.2, -0.15) is 0 Å². The van der Waals surface area contributed by atoms with Crippen molar-refractivity contribution in [3.63, 3.8) is 0 Å². The zero-order valence-corrected chi connectivity index (χ0v) is 11.5. The summed E-state index contributed by atoms with van der Waals surface area (Å²) < 4.78 is 10.9. The van der Waals surface area contributed by atoms with E-state index in [1.165, 1.54) is 0 Å². The second kappa shape index (κ2) is 7.62. The lowest BCUT2D eigenvalue weighted by molar-refractivity contribution is 0.372. The maximum absolute atomic E-state index is 5.43. The van der Waals surface area contributed by atoms with Gasteiger partial charge in [-0.1, -0.05) is 13.0 Å². The molecule has 0 radical (unpaired) electrons. The normalized spacial score (nSPS) is 11.3. The van der Waals surface area contributed by atoms with Crippen LogP contribution in [0.4, 0.5) is 0 Å². The second-order valence-corrected chi connectivity index (χ2v) is 3.82. The summed E-state index contributed by atoms with van der Waals surface area (Å²) in [5.74, 6) is 7.70. The molecule has 1 N–H and O–H groups in total. The van der Waals surface area contributed by atoms with Crippen molar-refractivity contribution < 1.29 is 9.47 Å². The van der Waals surface area contributed by atoms with Crippen LogP contribution in [0.2, 0.25) is 0 Å². The van der Waals surface area contributed by atoms with E-state index >= 15 is 0 Å². The van der Waals surface area contributed by atoms with Gasteiger partial charge in [-0.05, 0) is 25.6 Å². The van der Waals surface area contributed by atoms with Crippen LogP contribution in [0.1, 0.15) is 31.9 Å². The third-order valence-corrected chi connectivity index (χ3v) is 2.75. The van der Waals surface area contributed by atoms with Crippen molar-refractivity contribution in [1.82, 2.24) is 5.32 Å². The van der Waals surface area contributed by atoms with E-state index in [1.807, 2.05) is 25.1 Å². The van der Waals surface area contributed by atoms with E-state index in [4.69, 9.17) is 9.47 Å². The third-order valence-electron chi connectivity index (χ3n) is 2.75. The van der Waals surface area contributed by atoms with E-state index < -0.39 is 0 Å². The average molecular weight is 247 g/mol. The number of ether oxygens (including phenoxy) is 2. The van der Waals surface area contributed by atoms with Crippen molar-refractivity contribution in [2.45, 2.75) is 26.3 Å². The van der Waals surface area contributed by atoms with E-state index in [1.54, 1.807) is 14.2 Å². The third kappa shape index (κ3) is 3.41. The summed E-state index contributed by atoms with van der Waals surface area (Å²) in [5.41, 5.74) is 1.03. The van der Waals surface area contributed by atoms with Gasteiger partial charge in [-0.3, -0.25) is 0 Å². The van der Waals surface area contributed by atoms with Gasteiger partial charge in [0.2, 0.25) is 0 Å². The van der Waals surface area contributed by atoms with Crippen molar-refractivity contribution in [1.29, 1.82) is 0 Å². The van der Waals surface area contributed by atoms with Crippen LogP contribution in [0.5, 0.6) is 11.5 Å². The van der Waals surface area contributed by atoms with E-state index in [2.05, 4.69) is 24.1 Å². The van der Waals surface area contributed by atoms with Crippen LogP contribution in [-0.2, 0) is 0 Å². The number of methoxy groups -OCH3 is 2. The number of hydrogen-bond donors (Lipinski definition) is 1. The van der Waals surface area contributed by atoms with E-state index in [9.17, 15) is 0 Å². The molecular formula is C15H21NO2. The van der Waals surface area contributed by atoms with Gasteiger partial charge in [0.25, 0.3) is 0 Å². The maximum atomic E-state index is 5.43. The molecule has 1 rings (SSSR count). The Kier molecular flexibility index (Phi) is 6.10. The number of hydrogen-bond acceptors (Lipinski definition) is 3. The largest absolute Gasteiger partial charge is 0.496 e. The predicted molar refractivity (Wildman–Crippen MR) is 74.0 cm³/mol. The summed E-state index contributed by atoms with van der Waals surface area (Å²) >= 11 is 0. The Morgan fingerprint density at radius 2 is 1.83 bits per heavy atom. The standard InChI is InChI=1S/C15H21NO2/c1-5-7-9-12(16-6-2)15-13(17-3)10-8-11-14(15)18-4/h8,10-12,16H,6,9H2,1-4H3. The van der Waals surface area contributed by atoms with Crippen LogP contribution >= 0.6 is 0 Å². The molecule has 1 unspecified atom stereocenters. The summed E-state index contributed by atoms with van der Waals surface area (Å²) in [5, 5.41) is 3.42. The van der Waals surface area contributed by atoms with Crippen LogP contribution in [0.15, 0.2) is 18.2 Å². The molecule has 1 atom stereocenters. The van der Waals surface area contributed by atoms with Gasteiger partial charge in [-0.15, -0.1) is 11.8 Å². The Morgan fingerprint density at radius 3 is 2.28 bits per heavy atom. The van der Waals surface area contributed by atoms with Gasteiger partial charge in [0, 0.05) is 6.42 Å². The molecule has 1 aromatic carbocycles. The van der Waals surface area contributed by atoms with Crippen LogP contribution < -0.4 is 14.8 Å². The smallest absolute Gasteiger partial charge is 0.127 e. The molecule has 0 aliphatic heterocycles. The first-order chi connectivity index (χ1) is 8.78. The maximum Gasteiger partial charge on any atom is 0.127 e. The molecule has 0 fully saturated rings. The highest BCUT2D eigenvalue weighted by atomic mass is 16.5. The summed E-state index contributed by atoms with van der Waals surface area (Å²) in [7, 11) is 3.35. The fourth-order valence-electron chi connectivity index (χ4n) is 1.95. The molecule has 0 spiro atoms. The molecule has 0 saturated carbocycles. The fourth-order valence-corrected chi connectivity index (χ4v) is 1.95. The molecule has 3 heteroatoms. The average Bonchev–Trinajstić information content (AvgIpc) is 2.42. The molecule has 0 bridgehead atoms. The molecule has 0 amide bonds. The van der Waals surface area contributed by atoms with E-state index in [0.29, 0.717) is 0 Å². The van der Waals surface area contributed by atoms with Crippen molar-refractivity contribution in [3.05, 3.63) is 23.8 Å². The van der Waals surface area contributed by atoms with Gasteiger partial charge >= 0.3 is 0 Å². The predicted octanol–water partition coefficient (Wildman–Crippen LogP) is 2.77. The van der Waals surface area contributed by atoms with Gasteiger partial charge in [0.05, 0.1) is 25.8 Å². The molecule has 18 heavy (non-hydrogen) atoms. The quantitative estimate of drug-likeness (QED) is 0.784. The van der Waals surface area contributed by atoms with Gasteiger partial charge in [-0.25, -0.2) is 0 Å². The topological polar surface area (TPSA) is 30.5 Å². The second-order valence-electron chi connectivity index (χ2n) is 3.82. The molecule has 98 valence electrons. The van der Waals surface area contributed by atoms with Crippen LogP contribution in [0, 0.1) is 11.8 Å². The summed E-state index contributed by atoms with van der Waals surface area (Å²) in [6.45, 7) is 4.80. The monoisotopic (exact) mass is 247 g/mol. The van der Waals surface area contributed by atoms with E-state index in [-0.39, 0.29) is 6.04 Å². The minimum absolute atomic E-state index is 0.119. The molecule has 0 aliphatic rings. The van der Waals surface area contributed by atoms with Crippen molar-refractivity contribution in [2.24, 2.45) is 0 Å². The lowest BCUT2D eigenvalue weighted by Gasteiger charge is -2.21. The molecule has 0 saturated heterocycles. The Bertz CT molecular complexity index is 410. The molecule has 0 aromatic heterocycles. The number of rotatable bonds is 6. The summed E-state index contributed by atoms with van der Waals surface area (Å²) in [4.78, 5) is 0. The van der Waals surface area contributed by atoms with E-state index in [0.717, 1.165) is 30.0 Å². The molecule has 3 nitrogen and oxygen atoms in total. The van der Waals surface area contributed by atoms with Crippen molar-refractivity contribution >= 4 is 0 Å². The van der Waals surface area contributed by atoms with Crippen LogP contribution in [0.3, 0.4) is 0 Å². The Labute approximate surface area is 109 Å². The lowest BCUT2D eigenvalue weighted by Crippen LogP contribution is -2.21. The number of benzene rings is 1. The molecular weight excluding hydrogens is 226 g/mol. The Morgan fingerprint density at radius 1 is 1.22 bits per heavy atom. The SMILES string of the molecule is CC#CCC(NCC)c1c(OC)cccc1OC. The highest BCUT2D eigenvalue weighted by Gasteiger charge is 2.19. The van der Waals surface area contributed by atoms with Gasteiger partial charge < -0.3 is 14.8 Å². The van der Waals surface area contributed by atoms with Crippen molar-refractivity contribution in [2.75, 3.05) is 20.8 Å². The van der Waals surface area contributed by atoms with Crippen LogP contribution in [0.25, 0.3) is 0 Å². The molecule has 1 aromatic rings. The minimum atomic E-state index is 0.119. The minimum Gasteiger partial charge on any atom is -0.496 e. The first-order valence-electron chi connectivity index (χ1n) is 6.12. The first kappa shape index (κ1) is 14.4. The Hall–Kier alpha value is -1.66. The zero-order chi connectivity index (χ0) is 13.4. The molecule has 0 heterocycles. The first-order valence-corrected chi connectivity index (χ1v) is 6.12. The highest BCUT2D eigenvalue weighted by Crippen LogP contribution is 2.35. The number of nitrogens with one attached hydrogen (secondary N) is 1. The zero-order valence-electron chi connectivity index (χ0n) is 11.5. The fraction of sp³-hybridized carbons (Fsp3) is 0.467. The van der Waals surface area contributed by atoms with Gasteiger partial charge in [0.1, 0.15) is 11.5 Å². The van der Waals surface area contributed by atoms with Crippen LogP contribution in [-0.4, -0.2) is 20.8 Å². The summed E-state index contributed by atoms with van der Waals surface area (Å²) in [6, 6.07) is 5.94. The van der Waals surface area contributed by atoms with Gasteiger partial charge in [0.15, 0.2) is 0 Å².